The van der Waals surface area contributed by atoms with Gasteiger partial charge in [-0.3, -0.25) is 9.59 Å². The van der Waals surface area contributed by atoms with Crippen LogP contribution in [0.3, 0.4) is 0 Å². The van der Waals surface area contributed by atoms with E-state index in [0.717, 1.165) is 62.0 Å². The minimum Gasteiger partial charge on any atom is -0.495 e. The zero-order valence-electron chi connectivity index (χ0n) is 38.1. The molecular formula is C48H72N2O11. The smallest absolute Gasteiger partial charge is 0.306 e. The van der Waals surface area contributed by atoms with E-state index >= 15 is 4.79 Å². The normalized spacial score (nSPS) is 43.9. The number of cyclic esters (lactones) is 1. The number of methoxy groups -OCH3 is 4. The van der Waals surface area contributed by atoms with Gasteiger partial charge >= 0.3 is 5.97 Å². The van der Waals surface area contributed by atoms with Crippen molar-refractivity contribution in [2.24, 2.45) is 35.5 Å². The summed E-state index contributed by atoms with van der Waals surface area (Å²) in [4.78, 5) is 34.0. The summed E-state index contributed by atoms with van der Waals surface area (Å²) in [7, 11) is 10.9. The lowest BCUT2D eigenvalue weighted by Crippen LogP contribution is -2.59. The SMILES string of the molecule is CC[C@H]1CCC[C@H](O[C@H]2CC[C@H](N(C)C)C(C)O2)[C@@H](C)C(=O)C2=C[C@H]3[C@@H]4C[C@H](O[C@@H]5OC(C)[C@H](OC)C(OC)[C@@H]5OC)C[C@H]4[C@H]4[C@@H]([C@H]3[C@@H]2CC(=O)O1)N4c1ccccc1OC. The number of rotatable bonds is 11. The number of carbonyl (C=O) groups excluding carboxylic acids is 2. The lowest BCUT2D eigenvalue weighted by Gasteiger charge is -2.44. The van der Waals surface area contributed by atoms with Gasteiger partial charge in [-0.05, 0) is 121 Å². The summed E-state index contributed by atoms with van der Waals surface area (Å²) in [5, 5.41) is 0. The first-order chi connectivity index (χ1) is 29.4. The first-order valence-electron chi connectivity index (χ1n) is 23.2. The van der Waals surface area contributed by atoms with Crippen LogP contribution in [0.4, 0.5) is 5.69 Å². The maximum Gasteiger partial charge on any atom is 0.306 e. The van der Waals surface area contributed by atoms with Gasteiger partial charge in [0.25, 0.3) is 0 Å². The van der Waals surface area contributed by atoms with Crippen molar-refractivity contribution in [3.05, 3.63) is 35.9 Å². The van der Waals surface area contributed by atoms with E-state index < -0.39 is 18.3 Å². The number of ketones is 1. The van der Waals surface area contributed by atoms with Crippen molar-refractivity contribution in [2.75, 3.05) is 47.4 Å². The molecule has 4 heterocycles. The lowest BCUT2D eigenvalue weighted by molar-refractivity contribution is -0.314. The van der Waals surface area contributed by atoms with Gasteiger partial charge < -0.3 is 52.4 Å². The molecule has 340 valence electrons. The average Bonchev–Trinajstić information content (AvgIpc) is 3.64. The Bertz CT molecular complexity index is 1730. The Hall–Kier alpha value is -2.62. The molecule has 0 bridgehead atoms. The van der Waals surface area contributed by atoms with Gasteiger partial charge in [-0.15, -0.1) is 0 Å². The van der Waals surface area contributed by atoms with Crippen molar-refractivity contribution in [1.82, 2.24) is 4.90 Å². The first-order valence-corrected chi connectivity index (χ1v) is 23.2. The fourth-order valence-corrected chi connectivity index (χ4v) is 12.8. The highest BCUT2D eigenvalue weighted by Gasteiger charge is 2.69. The van der Waals surface area contributed by atoms with E-state index in [-0.39, 0.29) is 109 Å². The van der Waals surface area contributed by atoms with Crippen LogP contribution in [-0.4, -0.2) is 139 Å². The van der Waals surface area contributed by atoms with E-state index in [1.807, 2.05) is 26.0 Å². The van der Waals surface area contributed by atoms with Crippen LogP contribution in [0.25, 0.3) is 0 Å². The fraction of sp³-hybridized carbons (Fsp3) is 0.792. The molecule has 7 aliphatic rings. The Morgan fingerprint density at radius 3 is 2.25 bits per heavy atom. The van der Waals surface area contributed by atoms with Crippen LogP contribution >= 0.6 is 0 Å². The van der Waals surface area contributed by atoms with Gasteiger partial charge in [0.15, 0.2) is 18.4 Å². The average molecular weight is 853 g/mol. The van der Waals surface area contributed by atoms with Gasteiger partial charge in [0.1, 0.15) is 30.2 Å². The molecule has 8 rings (SSSR count). The highest BCUT2D eigenvalue weighted by atomic mass is 16.7. The van der Waals surface area contributed by atoms with Gasteiger partial charge in [-0.25, -0.2) is 0 Å². The summed E-state index contributed by atoms with van der Waals surface area (Å²) in [6, 6.07) is 8.83. The number of hydrogen-bond donors (Lipinski definition) is 0. The standard InChI is InChI=1S/C48H72N2O11/c1-11-28-15-14-18-37(61-40-20-19-35(49(5)6)26(3)57-40)25(2)44(52)34-23-31-30-21-29(60-48-47(56-10)46(55-9)45(54-8)27(4)58-48)22-33(30)42-43(41(31)32(34)24-39(51)59-28)50(42)36-16-12-13-17-38(36)53-7/h12-13,16-17,23,25-33,35,37,40-43,45-48H,11,14-15,18-22,24H2,1-10H3/t25-,26?,27?,28+,29+,30+,31+,32-,33-,35+,37+,40+,41-,42+,43-,45+,46?,47+,48+,50?/m1/s1. The second-order valence-corrected chi connectivity index (χ2v) is 19.2. The number of carbonyl (C=O) groups is 2. The molecule has 4 saturated heterocycles. The molecule has 0 aromatic heterocycles. The monoisotopic (exact) mass is 853 g/mol. The quantitative estimate of drug-likeness (QED) is 0.186. The molecule has 0 radical (unpaired) electrons. The Morgan fingerprint density at radius 1 is 0.820 bits per heavy atom. The third-order valence-corrected chi connectivity index (χ3v) is 15.8. The number of hydrogen-bond acceptors (Lipinski definition) is 13. The third kappa shape index (κ3) is 8.56. The van der Waals surface area contributed by atoms with Crippen molar-refractivity contribution < 1.29 is 52.2 Å². The topological polar surface area (TPSA) is 123 Å². The molecule has 13 heteroatoms. The number of esters is 1. The van der Waals surface area contributed by atoms with Crippen LogP contribution in [0.2, 0.25) is 0 Å². The van der Waals surface area contributed by atoms with Crippen molar-refractivity contribution in [3.8, 4) is 5.75 Å². The lowest BCUT2D eigenvalue weighted by atomic mass is 9.66. The van der Waals surface area contributed by atoms with Gasteiger partial charge in [-0.2, -0.15) is 0 Å². The zero-order valence-corrected chi connectivity index (χ0v) is 38.1. The maximum absolute atomic E-state index is 15.2. The van der Waals surface area contributed by atoms with E-state index in [2.05, 4.69) is 56.0 Å². The van der Waals surface area contributed by atoms with Crippen molar-refractivity contribution in [3.63, 3.8) is 0 Å². The minimum atomic E-state index is -0.639. The van der Waals surface area contributed by atoms with Crippen molar-refractivity contribution >= 4 is 17.4 Å². The van der Waals surface area contributed by atoms with E-state index in [4.69, 9.17) is 42.6 Å². The molecule has 4 aliphatic heterocycles. The fourth-order valence-electron chi connectivity index (χ4n) is 12.8. The molecule has 0 amide bonds. The van der Waals surface area contributed by atoms with Gasteiger partial charge in [0.05, 0.1) is 55.7 Å². The van der Waals surface area contributed by atoms with Crippen molar-refractivity contribution in [1.29, 1.82) is 0 Å². The van der Waals surface area contributed by atoms with Crippen molar-refractivity contribution in [2.45, 2.75) is 165 Å². The van der Waals surface area contributed by atoms with Crippen LogP contribution in [-0.2, 0) is 47.5 Å². The number of allylic oxidation sites excluding steroid dienone is 2. The molecule has 61 heavy (non-hydrogen) atoms. The predicted molar refractivity (Wildman–Crippen MR) is 228 cm³/mol. The summed E-state index contributed by atoms with van der Waals surface area (Å²) in [6.45, 7) is 8.21. The number of para-hydroxylation sites is 2. The van der Waals surface area contributed by atoms with Crippen LogP contribution in [0.1, 0.15) is 85.5 Å². The molecule has 1 aromatic rings. The molecule has 3 aliphatic carbocycles. The molecule has 13 nitrogen and oxygen atoms in total. The molecule has 3 unspecified atom stereocenters. The number of benzene rings is 1. The number of likely N-dealkylation sites (N-methyl/N-ethyl adjacent to an activating group) is 1. The first kappa shape index (κ1) is 45.0. The number of ether oxygens (including phenoxy) is 9. The molecule has 0 spiro atoms. The predicted octanol–water partition coefficient (Wildman–Crippen LogP) is 6.20. The number of nitrogens with zero attached hydrogens (tertiary/aromatic N) is 2. The summed E-state index contributed by atoms with van der Waals surface area (Å²) < 4.78 is 56.6. The summed E-state index contributed by atoms with van der Waals surface area (Å²) >= 11 is 0. The Labute approximate surface area is 363 Å². The van der Waals surface area contributed by atoms with Gasteiger partial charge in [0.2, 0.25) is 0 Å². The number of anilines is 1. The maximum atomic E-state index is 15.2. The summed E-state index contributed by atoms with van der Waals surface area (Å²) in [5.74, 6) is 0.563. The summed E-state index contributed by atoms with van der Waals surface area (Å²) in [5.41, 5.74) is 1.81. The van der Waals surface area contributed by atoms with Crippen LogP contribution in [0.5, 0.6) is 5.75 Å². The number of fused-ring (bicyclic) bond motifs is 8. The van der Waals surface area contributed by atoms with Crippen LogP contribution in [0, 0.1) is 35.5 Å². The highest BCUT2D eigenvalue weighted by Crippen LogP contribution is 2.65. The van der Waals surface area contributed by atoms with Gasteiger partial charge in [-0.1, -0.05) is 32.1 Å². The molecular weight excluding hydrogens is 781 g/mol. The molecule has 0 N–H and O–H groups in total. The Balaban J connectivity index is 1.12. The Kier molecular flexibility index (Phi) is 13.9. The summed E-state index contributed by atoms with van der Waals surface area (Å²) in [6.07, 6.45) is 5.74. The zero-order chi connectivity index (χ0) is 43.3. The largest absolute Gasteiger partial charge is 0.495 e. The molecule has 1 aromatic carbocycles. The highest BCUT2D eigenvalue weighted by molar-refractivity contribution is 5.99. The molecule has 6 fully saturated rings. The molecule has 2 saturated carbocycles. The van der Waals surface area contributed by atoms with Crippen LogP contribution in [0.15, 0.2) is 35.9 Å². The second kappa shape index (κ2) is 18.8. The van der Waals surface area contributed by atoms with Gasteiger partial charge in [0, 0.05) is 39.2 Å². The van der Waals surface area contributed by atoms with E-state index in [1.165, 1.54) is 0 Å². The molecule has 19 atom stereocenters. The van der Waals surface area contributed by atoms with E-state index in [1.54, 1.807) is 28.4 Å². The van der Waals surface area contributed by atoms with Crippen LogP contribution < -0.4 is 9.64 Å². The third-order valence-electron chi connectivity index (χ3n) is 15.8. The van der Waals surface area contributed by atoms with E-state index in [0.29, 0.717) is 12.5 Å². The van der Waals surface area contributed by atoms with E-state index in [9.17, 15) is 4.79 Å². The Morgan fingerprint density at radius 2 is 1.56 bits per heavy atom. The minimum absolute atomic E-state index is 0.0157. The second-order valence-electron chi connectivity index (χ2n) is 19.2. The number of Topliss-reactive ketones (excluding diaryl/α,β-unsaturated/α-hetero) is 1.